The second-order valence-corrected chi connectivity index (χ2v) is 5.98. The third kappa shape index (κ3) is 3.03. The van der Waals surface area contributed by atoms with Gasteiger partial charge in [0.2, 0.25) is 0 Å². The summed E-state index contributed by atoms with van der Waals surface area (Å²) in [6.45, 7) is 6.59. The third-order valence-corrected chi connectivity index (χ3v) is 4.52. The van der Waals surface area contributed by atoms with Gasteiger partial charge in [0.15, 0.2) is 5.82 Å². The van der Waals surface area contributed by atoms with Gasteiger partial charge in [0.05, 0.1) is 0 Å². The van der Waals surface area contributed by atoms with Gasteiger partial charge in [-0.05, 0) is 51.2 Å². The fourth-order valence-corrected chi connectivity index (χ4v) is 2.93. The summed E-state index contributed by atoms with van der Waals surface area (Å²) in [6, 6.07) is 0.416. The Kier molecular flexibility index (Phi) is 4.05. The largest absolute Gasteiger partial charge is 0.365 e. The van der Waals surface area contributed by atoms with Gasteiger partial charge in [-0.15, -0.1) is 0 Å². The summed E-state index contributed by atoms with van der Waals surface area (Å²) in [6.07, 6.45) is 8.22. The van der Waals surface area contributed by atoms with Gasteiger partial charge >= 0.3 is 0 Å². The maximum Gasteiger partial charge on any atom is 0.293 e. The zero-order chi connectivity index (χ0) is 13.9. The van der Waals surface area contributed by atoms with E-state index in [0.29, 0.717) is 17.8 Å². The van der Waals surface area contributed by atoms with Crippen LogP contribution in [0.1, 0.15) is 38.6 Å². The fraction of sp³-hybridized carbons (Fsp3) is 0.733. The molecule has 0 aromatic carbocycles. The summed E-state index contributed by atoms with van der Waals surface area (Å²) in [5.41, 5.74) is 0.0426. The van der Waals surface area contributed by atoms with Crippen molar-refractivity contribution in [3.05, 3.63) is 22.7 Å². The Hall–Kier alpha value is -1.36. The minimum atomic E-state index is 0.0426. The van der Waals surface area contributed by atoms with Crippen LogP contribution in [0.4, 0.5) is 5.82 Å². The van der Waals surface area contributed by atoms with E-state index in [2.05, 4.69) is 22.1 Å². The van der Waals surface area contributed by atoms with Crippen molar-refractivity contribution < 1.29 is 0 Å². The molecule has 5 heteroatoms. The lowest BCUT2D eigenvalue weighted by molar-refractivity contribution is 0.198. The van der Waals surface area contributed by atoms with E-state index in [9.17, 15) is 4.79 Å². The molecule has 0 bridgehead atoms. The number of likely N-dealkylation sites (tertiary alicyclic amines) is 1. The number of nitrogens with zero attached hydrogens (tertiary/aromatic N) is 3. The van der Waals surface area contributed by atoms with Gasteiger partial charge < -0.3 is 14.8 Å². The molecule has 0 unspecified atom stereocenters. The third-order valence-electron chi connectivity index (χ3n) is 4.52. The quantitative estimate of drug-likeness (QED) is 0.889. The summed E-state index contributed by atoms with van der Waals surface area (Å²) in [5, 5.41) is 3.28. The minimum absolute atomic E-state index is 0.0426. The molecule has 20 heavy (non-hydrogen) atoms. The summed E-state index contributed by atoms with van der Waals surface area (Å²) in [4.78, 5) is 18.9. The van der Waals surface area contributed by atoms with Crippen LogP contribution in [-0.2, 0) is 0 Å². The molecule has 1 saturated carbocycles. The van der Waals surface area contributed by atoms with Gasteiger partial charge in [-0.2, -0.15) is 0 Å². The summed E-state index contributed by atoms with van der Waals surface area (Å²) in [7, 11) is 0. The Morgan fingerprint density at radius 2 is 2.05 bits per heavy atom. The van der Waals surface area contributed by atoms with Gasteiger partial charge in [0.1, 0.15) is 0 Å². The second kappa shape index (κ2) is 5.95. The zero-order valence-corrected chi connectivity index (χ0v) is 12.2. The van der Waals surface area contributed by atoms with Crippen molar-refractivity contribution in [1.29, 1.82) is 0 Å². The van der Waals surface area contributed by atoms with E-state index >= 15 is 0 Å². The van der Waals surface area contributed by atoms with E-state index in [0.717, 1.165) is 25.9 Å². The first-order chi connectivity index (χ1) is 9.78. The molecule has 2 heterocycles. The van der Waals surface area contributed by atoms with Gasteiger partial charge in [0.25, 0.3) is 5.56 Å². The molecule has 0 amide bonds. The van der Waals surface area contributed by atoms with Crippen LogP contribution >= 0.6 is 0 Å². The van der Waals surface area contributed by atoms with E-state index in [1.807, 2.05) is 10.8 Å². The Labute approximate surface area is 120 Å². The molecule has 0 radical (unpaired) electrons. The number of hydrogen-bond donors (Lipinski definition) is 1. The van der Waals surface area contributed by atoms with Gasteiger partial charge in [-0.25, -0.2) is 4.98 Å². The van der Waals surface area contributed by atoms with Crippen molar-refractivity contribution in [3.8, 4) is 0 Å². The molecule has 1 aliphatic carbocycles. The van der Waals surface area contributed by atoms with Gasteiger partial charge in [0, 0.05) is 25.0 Å². The highest BCUT2D eigenvalue weighted by molar-refractivity contribution is 5.31. The molecule has 1 N–H and O–H groups in total. The van der Waals surface area contributed by atoms with Gasteiger partial charge in [-0.3, -0.25) is 4.79 Å². The molecule has 2 fully saturated rings. The monoisotopic (exact) mass is 276 g/mol. The van der Waals surface area contributed by atoms with Gasteiger partial charge in [-0.1, -0.05) is 6.92 Å². The van der Waals surface area contributed by atoms with Crippen LogP contribution in [0.15, 0.2) is 17.2 Å². The lowest BCUT2D eigenvalue weighted by Crippen LogP contribution is -2.36. The first-order valence-electron chi connectivity index (χ1n) is 7.81. The van der Waals surface area contributed by atoms with E-state index in [1.54, 1.807) is 6.20 Å². The number of anilines is 1. The normalized spacial score (nSPS) is 21.1. The van der Waals surface area contributed by atoms with Crippen molar-refractivity contribution in [2.75, 3.05) is 31.5 Å². The molecule has 1 saturated heterocycles. The highest BCUT2D eigenvalue weighted by atomic mass is 16.1. The van der Waals surface area contributed by atoms with Crippen molar-refractivity contribution in [1.82, 2.24) is 14.5 Å². The molecule has 5 nitrogen and oxygen atoms in total. The lowest BCUT2D eigenvalue weighted by atomic mass is 9.97. The highest BCUT2D eigenvalue weighted by Gasteiger charge is 2.25. The molecular formula is C15H24N4O. The molecule has 1 aromatic heterocycles. The summed E-state index contributed by atoms with van der Waals surface area (Å²) < 4.78 is 1.83. The smallest absolute Gasteiger partial charge is 0.293 e. The van der Waals surface area contributed by atoms with Crippen LogP contribution in [0.25, 0.3) is 0 Å². The maximum atomic E-state index is 12.3. The number of rotatable bonds is 5. The van der Waals surface area contributed by atoms with Crippen molar-refractivity contribution in [2.45, 2.75) is 38.6 Å². The van der Waals surface area contributed by atoms with E-state index in [-0.39, 0.29) is 5.56 Å². The first-order valence-corrected chi connectivity index (χ1v) is 7.81. The van der Waals surface area contributed by atoms with Crippen molar-refractivity contribution >= 4 is 5.82 Å². The van der Waals surface area contributed by atoms with Crippen LogP contribution in [0.3, 0.4) is 0 Å². The Bertz CT molecular complexity index is 501. The summed E-state index contributed by atoms with van der Waals surface area (Å²) >= 11 is 0. The fourth-order valence-electron chi connectivity index (χ4n) is 2.93. The average Bonchev–Trinajstić information content (AvgIpc) is 3.31. The predicted octanol–water partition coefficient (Wildman–Crippen LogP) is 1.72. The van der Waals surface area contributed by atoms with Crippen LogP contribution in [0.5, 0.6) is 0 Å². The van der Waals surface area contributed by atoms with Crippen molar-refractivity contribution in [2.24, 2.45) is 5.92 Å². The van der Waals surface area contributed by atoms with E-state index in [1.165, 1.54) is 25.9 Å². The van der Waals surface area contributed by atoms with Crippen LogP contribution < -0.4 is 10.9 Å². The molecule has 3 rings (SSSR count). The number of piperidine rings is 1. The molecule has 0 spiro atoms. The molecule has 1 aliphatic heterocycles. The number of aromatic nitrogens is 2. The maximum absolute atomic E-state index is 12.3. The molecule has 2 aliphatic rings. The Morgan fingerprint density at radius 1 is 1.30 bits per heavy atom. The molecule has 110 valence electrons. The lowest BCUT2D eigenvalue weighted by Gasteiger charge is -2.31. The molecule has 1 aromatic rings. The number of hydrogen-bond acceptors (Lipinski definition) is 4. The van der Waals surface area contributed by atoms with Crippen molar-refractivity contribution in [3.63, 3.8) is 0 Å². The first kappa shape index (κ1) is 13.6. The topological polar surface area (TPSA) is 50.2 Å². The summed E-state index contributed by atoms with van der Waals surface area (Å²) in [5.74, 6) is 1.19. The minimum Gasteiger partial charge on any atom is -0.365 e. The average molecular weight is 276 g/mol. The van der Waals surface area contributed by atoms with E-state index in [4.69, 9.17) is 0 Å². The van der Waals surface area contributed by atoms with Crippen LogP contribution in [0.2, 0.25) is 0 Å². The standard InChI is InChI=1S/C15H24N4O/c1-2-18-8-5-12(6-9-18)11-17-14-15(20)19(10-7-16-14)13-3-4-13/h7,10,12-13H,2-6,8-9,11H2,1H3,(H,16,17). The SMILES string of the molecule is CCN1CCC(CNc2nccn(C3CC3)c2=O)CC1. The molecular weight excluding hydrogens is 252 g/mol. The van der Waals surface area contributed by atoms with E-state index < -0.39 is 0 Å². The molecule has 0 atom stereocenters. The zero-order valence-electron chi connectivity index (χ0n) is 12.2. The van der Waals surface area contributed by atoms with Crippen LogP contribution in [-0.4, -0.2) is 40.6 Å². The predicted molar refractivity (Wildman–Crippen MR) is 80.1 cm³/mol. The highest BCUT2D eigenvalue weighted by Crippen LogP contribution is 2.33. The second-order valence-electron chi connectivity index (χ2n) is 5.98. The Balaban J connectivity index is 1.56. The number of nitrogens with one attached hydrogen (secondary N) is 1. The van der Waals surface area contributed by atoms with Crippen LogP contribution in [0, 0.1) is 5.92 Å². The Morgan fingerprint density at radius 3 is 2.70 bits per heavy atom.